The van der Waals surface area contributed by atoms with Gasteiger partial charge in [-0.1, -0.05) is 30.3 Å². The van der Waals surface area contributed by atoms with Gasteiger partial charge in [-0.25, -0.2) is 9.78 Å². The fourth-order valence-electron chi connectivity index (χ4n) is 2.47. The lowest BCUT2D eigenvalue weighted by atomic mass is 10.0. The molecule has 0 radical (unpaired) electrons. The predicted molar refractivity (Wildman–Crippen MR) is 110 cm³/mol. The summed E-state index contributed by atoms with van der Waals surface area (Å²) < 4.78 is 5.27. The first-order valence-corrected chi connectivity index (χ1v) is 9.52. The fourth-order valence-corrected chi connectivity index (χ4v) is 3.11. The maximum Gasteiger partial charge on any atom is 0.338 e. The van der Waals surface area contributed by atoms with Crippen LogP contribution < -0.4 is 5.43 Å². The molecule has 0 fully saturated rings. The predicted octanol–water partition coefficient (Wildman–Crippen LogP) is 5.13. The first kappa shape index (κ1) is 18.8. The Labute approximate surface area is 162 Å². The molecule has 6 heteroatoms. The number of carbonyl (C=O) groups is 1. The first-order valence-electron chi connectivity index (χ1n) is 8.64. The maximum absolute atomic E-state index is 12.1. The molecule has 0 aliphatic rings. The van der Waals surface area contributed by atoms with E-state index in [2.05, 4.69) is 15.5 Å². The normalized spacial score (nSPS) is 11.1. The van der Waals surface area contributed by atoms with E-state index in [9.17, 15) is 4.79 Å². The number of thiazole rings is 1. The molecule has 1 N–H and O–H groups in total. The summed E-state index contributed by atoms with van der Waals surface area (Å²) in [6.45, 7) is 5.62. The highest BCUT2D eigenvalue weighted by atomic mass is 32.1. The molecule has 0 aliphatic carbocycles. The van der Waals surface area contributed by atoms with Gasteiger partial charge in [-0.2, -0.15) is 5.10 Å². The van der Waals surface area contributed by atoms with Gasteiger partial charge < -0.3 is 4.74 Å². The van der Waals surface area contributed by atoms with E-state index in [1.807, 2.05) is 68.6 Å². The summed E-state index contributed by atoms with van der Waals surface area (Å²) in [6, 6.07) is 15.4. The third-order valence-corrected chi connectivity index (χ3v) is 4.52. The van der Waals surface area contributed by atoms with Crippen LogP contribution in [-0.2, 0) is 4.74 Å². The highest BCUT2D eigenvalue weighted by Gasteiger charge is 2.10. The molecular formula is C21H21N3O2S. The molecule has 0 saturated carbocycles. The number of hydrogen-bond acceptors (Lipinski definition) is 6. The number of ether oxygens (including phenoxy) is 1. The largest absolute Gasteiger partial charge is 0.459 e. The Hall–Kier alpha value is -2.99. The Kier molecular flexibility index (Phi) is 5.98. The van der Waals surface area contributed by atoms with Crippen LogP contribution in [0.1, 0.15) is 35.5 Å². The van der Waals surface area contributed by atoms with Crippen molar-refractivity contribution in [2.45, 2.75) is 26.9 Å². The second kappa shape index (κ2) is 8.60. The van der Waals surface area contributed by atoms with Crippen LogP contribution >= 0.6 is 11.3 Å². The molecule has 0 unspecified atom stereocenters. The molecule has 1 heterocycles. The zero-order valence-corrected chi connectivity index (χ0v) is 16.3. The van der Waals surface area contributed by atoms with Crippen molar-refractivity contribution in [1.82, 2.24) is 4.98 Å². The number of aromatic nitrogens is 1. The van der Waals surface area contributed by atoms with Gasteiger partial charge in [0.05, 0.1) is 23.6 Å². The van der Waals surface area contributed by atoms with Crippen LogP contribution in [0.25, 0.3) is 11.1 Å². The highest BCUT2D eigenvalue weighted by Crippen LogP contribution is 2.22. The third-order valence-electron chi connectivity index (χ3n) is 3.65. The van der Waals surface area contributed by atoms with Crippen molar-refractivity contribution in [1.29, 1.82) is 0 Å². The summed E-state index contributed by atoms with van der Waals surface area (Å²) >= 11 is 1.51. The van der Waals surface area contributed by atoms with Crippen molar-refractivity contribution in [2.24, 2.45) is 5.10 Å². The number of nitrogens with one attached hydrogen (secondary N) is 1. The van der Waals surface area contributed by atoms with Gasteiger partial charge in [0, 0.05) is 5.38 Å². The van der Waals surface area contributed by atoms with Crippen molar-refractivity contribution >= 4 is 28.7 Å². The average molecular weight is 379 g/mol. The Morgan fingerprint density at radius 2 is 1.93 bits per heavy atom. The van der Waals surface area contributed by atoms with Gasteiger partial charge in [0.2, 0.25) is 5.13 Å². The summed E-state index contributed by atoms with van der Waals surface area (Å²) in [5.41, 5.74) is 7.34. The lowest BCUT2D eigenvalue weighted by molar-refractivity contribution is 0.0378. The Morgan fingerprint density at radius 3 is 2.63 bits per heavy atom. The van der Waals surface area contributed by atoms with E-state index in [0.29, 0.717) is 5.56 Å². The van der Waals surface area contributed by atoms with Crippen molar-refractivity contribution in [2.75, 3.05) is 5.43 Å². The molecule has 1 aromatic heterocycles. The lowest BCUT2D eigenvalue weighted by Crippen LogP contribution is -2.11. The Morgan fingerprint density at radius 1 is 1.19 bits per heavy atom. The minimum absolute atomic E-state index is 0.144. The standard InChI is InChI=1S/C21H21N3O2S/c1-14(2)26-20(25)19-9-5-8-18(11-19)17-7-4-6-16(10-17)12-22-24-21-23-15(3)13-27-21/h4-14H,1-3H3,(H,23,24). The quantitative estimate of drug-likeness (QED) is 0.366. The number of hydrazone groups is 1. The van der Waals surface area contributed by atoms with Crippen LogP contribution in [0.5, 0.6) is 0 Å². The van der Waals surface area contributed by atoms with Gasteiger partial charge in [-0.05, 0) is 55.7 Å². The smallest absolute Gasteiger partial charge is 0.338 e. The number of benzene rings is 2. The molecule has 3 aromatic rings. The molecule has 5 nitrogen and oxygen atoms in total. The van der Waals surface area contributed by atoms with E-state index in [1.54, 1.807) is 12.3 Å². The number of esters is 1. The Balaban J connectivity index is 1.76. The van der Waals surface area contributed by atoms with Gasteiger partial charge in [-0.3, -0.25) is 5.43 Å². The second-order valence-corrected chi connectivity index (χ2v) is 7.18. The van der Waals surface area contributed by atoms with Crippen LogP contribution in [0.2, 0.25) is 0 Å². The molecule has 0 spiro atoms. The monoisotopic (exact) mass is 379 g/mol. The second-order valence-electron chi connectivity index (χ2n) is 6.32. The minimum Gasteiger partial charge on any atom is -0.459 e. The SMILES string of the molecule is Cc1csc(NN=Cc2cccc(-c3cccc(C(=O)OC(C)C)c3)c2)n1. The van der Waals surface area contributed by atoms with E-state index >= 15 is 0 Å². The average Bonchev–Trinajstić information content (AvgIpc) is 3.07. The number of rotatable bonds is 6. The van der Waals surface area contributed by atoms with Crippen LogP contribution in [-0.4, -0.2) is 23.3 Å². The molecule has 3 rings (SSSR count). The zero-order chi connectivity index (χ0) is 19.2. The molecule has 27 heavy (non-hydrogen) atoms. The molecular weight excluding hydrogens is 358 g/mol. The molecule has 0 aliphatic heterocycles. The number of aryl methyl sites for hydroxylation is 1. The van der Waals surface area contributed by atoms with Crippen LogP contribution in [0.3, 0.4) is 0 Å². The molecule has 0 atom stereocenters. The highest BCUT2D eigenvalue weighted by molar-refractivity contribution is 7.13. The molecule has 0 bridgehead atoms. The molecule has 0 saturated heterocycles. The summed E-state index contributed by atoms with van der Waals surface area (Å²) in [5.74, 6) is -0.312. The van der Waals surface area contributed by atoms with E-state index in [1.165, 1.54) is 11.3 Å². The summed E-state index contributed by atoms with van der Waals surface area (Å²) in [4.78, 5) is 16.4. The van der Waals surface area contributed by atoms with Gasteiger partial charge in [0.1, 0.15) is 0 Å². The van der Waals surface area contributed by atoms with Crippen molar-refractivity contribution in [3.63, 3.8) is 0 Å². The fraction of sp³-hybridized carbons (Fsp3) is 0.190. The van der Waals surface area contributed by atoms with Gasteiger partial charge in [0.15, 0.2) is 0 Å². The topological polar surface area (TPSA) is 63.6 Å². The summed E-state index contributed by atoms with van der Waals surface area (Å²) in [5, 5.41) is 6.97. The molecule has 0 amide bonds. The van der Waals surface area contributed by atoms with Crippen molar-refractivity contribution < 1.29 is 9.53 Å². The maximum atomic E-state index is 12.1. The zero-order valence-electron chi connectivity index (χ0n) is 15.5. The molecule has 2 aromatic carbocycles. The summed E-state index contributed by atoms with van der Waals surface area (Å²) in [6.07, 6.45) is 1.60. The van der Waals surface area contributed by atoms with E-state index in [0.717, 1.165) is 27.5 Å². The Bertz CT molecular complexity index is 963. The van der Waals surface area contributed by atoms with Gasteiger partial charge in [0.25, 0.3) is 0 Å². The van der Waals surface area contributed by atoms with Crippen LogP contribution in [0.15, 0.2) is 59.0 Å². The van der Waals surface area contributed by atoms with Gasteiger partial charge in [-0.15, -0.1) is 11.3 Å². The van der Waals surface area contributed by atoms with Crippen LogP contribution in [0, 0.1) is 6.92 Å². The summed E-state index contributed by atoms with van der Waals surface area (Å²) in [7, 11) is 0. The number of carbonyl (C=O) groups excluding carboxylic acids is 1. The third kappa shape index (κ3) is 5.24. The van der Waals surface area contributed by atoms with Crippen LogP contribution in [0.4, 0.5) is 5.13 Å². The van der Waals surface area contributed by atoms with Crippen molar-refractivity contribution in [3.8, 4) is 11.1 Å². The molecule has 138 valence electrons. The minimum atomic E-state index is -0.312. The van der Waals surface area contributed by atoms with E-state index in [-0.39, 0.29) is 12.1 Å². The van der Waals surface area contributed by atoms with E-state index < -0.39 is 0 Å². The van der Waals surface area contributed by atoms with Gasteiger partial charge >= 0.3 is 5.97 Å². The number of nitrogens with zero attached hydrogens (tertiary/aromatic N) is 2. The van der Waals surface area contributed by atoms with Crippen molar-refractivity contribution in [3.05, 3.63) is 70.7 Å². The number of hydrogen-bond donors (Lipinski definition) is 1. The lowest BCUT2D eigenvalue weighted by Gasteiger charge is -2.09. The first-order chi connectivity index (χ1) is 13.0. The number of anilines is 1. The van der Waals surface area contributed by atoms with E-state index in [4.69, 9.17) is 4.74 Å².